The standard InChI is InChI=1S/C76H138N2O10.U/c1-6-10-14-18-22-24-26-31-41-66(64-53-54-64)58-77(59-67(79)44-32-27-25-23-19-15-11-7-2)55-39-49-72(65-42-37-43-65)86-71-57-73(84-62-71)63(5)85-74(81)52-40-56-78(61-70-48-38-51-76(83)88-70)60-68(80)45-33-30-36-50-75(82)87-69(46-34-28-20-16-12-8-3)47-35-29-21-17-13-9-4;/h57,63-64,66-71,73,79-80H,5-56,58-62H2,1-4H3;/q-2;+2/t63?,66?,67?,68?,70?,71?,73-;/m0./s1. The third-order valence-corrected chi connectivity index (χ3v) is 19.6. The average molecular weight is 1480 g/mol. The summed E-state index contributed by atoms with van der Waals surface area (Å²) in [6.45, 7) is 18.0. The Balaban J connectivity index is 0.0000207. The van der Waals surface area contributed by atoms with E-state index in [9.17, 15) is 24.6 Å². The molecule has 0 aromatic heterocycles. The molecule has 2 saturated carbocycles. The van der Waals surface area contributed by atoms with Crippen molar-refractivity contribution in [1.29, 1.82) is 0 Å². The van der Waals surface area contributed by atoms with Crippen LogP contribution in [-0.4, -0.2) is 127 Å². The summed E-state index contributed by atoms with van der Waals surface area (Å²) in [5, 5.41) is 22.7. The van der Waals surface area contributed by atoms with Crippen LogP contribution in [0.1, 0.15) is 342 Å². The first kappa shape index (κ1) is 82.0. The van der Waals surface area contributed by atoms with Gasteiger partial charge in [-0.1, -0.05) is 214 Å². The van der Waals surface area contributed by atoms with E-state index >= 15 is 0 Å². The van der Waals surface area contributed by atoms with Gasteiger partial charge < -0.3 is 45.7 Å². The van der Waals surface area contributed by atoms with Gasteiger partial charge in [0, 0.05) is 58.0 Å². The predicted octanol–water partition coefficient (Wildman–Crippen LogP) is 18.6. The Labute approximate surface area is 570 Å². The molecule has 0 radical (unpaired) electrons. The monoisotopic (exact) mass is 1480 g/mol. The number of unbranched alkanes of at least 4 members (excludes halogenated alkanes) is 26. The van der Waals surface area contributed by atoms with Crippen molar-refractivity contribution < 1.29 is 79.4 Å². The van der Waals surface area contributed by atoms with Gasteiger partial charge in [0.15, 0.2) is 0 Å². The van der Waals surface area contributed by atoms with Gasteiger partial charge in [-0.2, -0.15) is 0 Å². The van der Waals surface area contributed by atoms with Gasteiger partial charge in [0.2, 0.25) is 0 Å². The smallest absolute Gasteiger partial charge is 0.524 e. The van der Waals surface area contributed by atoms with Gasteiger partial charge in [-0.25, -0.2) is 0 Å². The van der Waals surface area contributed by atoms with Crippen LogP contribution in [0, 0.1) is 56.3 Å². The molecular weight excluding hydrogens is 1340 g/mol. The molecule has 7 atom stereocenters. The molecule has 4 aliphatic rings. The maximum atomic E-state index is 13.4. The van der Waals surface area contributed by atoms with Gasteiger partial charge in [-0.15, -0.1) is 0 Å². The first-order valence-corrected chi connectivity index (χ1v) is 38.1. The molecule has 4 rings (SSSR count). The molecule has 12 nitrogen and oxygen atoms in total. The number of allylic oxidation sites excluding steroid dienone is 2. The van der Waals surface area contributed by atoms with Crippen molar-refractivity contribution in [3.05, 3.63) is 24.7 Å². The van der Waals surface area contributed by atoms with Crippen molar-refractivity contribution in [1.82, 2.24) is 9.80 Å². The fraction of sp³-hybridized carbons (Fsp3) is 0.908. The molecule has 89 heavy (non-hydrogen) atoms. The average Bonchev–Trinajstić information content (AvgIpc) is 2.81. The fourth-order valence-corrected chi connectivity index (χ4v) is 13.7. The van der Waals surface area contributed by atoms with E-state index in [1.807, 2.05) is 6.42 Å². The number of nitrogens with zero attached hydrogens (tertiary/aromatic N) is 2. The van der Waals surface area contributed by atoms with E-state index in [1.54, 1.807) is 0 Å². The van der Waals surface area contributed by atoms with E-state index in [0.29, 0.717) is 51.9 Å². The molecule has 0 amide bonds. The van der Waals surface area contributed by atoms with Crippen LogP contribution >= 0.6 is 0 Å². The van der Waals surface area contributed by atoms with Crippen LogP contribution in [0.2, 0.25) is 0 Å². The quantitative estimate of drug-likeness (QED) is 0.0197. The topological polar surface area (TPSA) is 144 Å². The van der Waals surface area contributed by atoms with E-state index in [4.69, 9.17) is 23.7 Å². The fourth-order valence-electron chi connectivity index (χ4n) is 13.7. The summed E-state index contributed by atoms with van der Waals surface area (Å²) in [5.74, 6) is 2.06. The Morgan fingerprint density at radius 3 is 1.55 bits per heavy atom. The summed E-state index contributed by atoms with van der Waals surface area (Å²) in [7, 11) is 0. The Hall–Kier alpha value is -1.20. The van der Waals surface area contributed by atoms with Crippen LogP contribution in [0.3, 0.4) is 0 Å². The van der Waals surface area contributed by atoms with Crippen LogP contribution in [0.5, 0.6) is 0 Å². The van der Waals surface area contributed by atoms with Crippen LogP contribution in [0.15, 0.2) is 11.3 Å². The second-order valence-corrected chi connectivity index (χ2v) is 28.0. The predicted molar refractivity (Wildman–Crippen MR) is 362 cm³/mol. The molecule has 516 valence electrons. The number of aliphatic hydroxyl groups is 2. The van der Waals surface area contributed by atoms with Crippen LogP contribution < -0.4 is 0 Å². The largest absolute Gasteiger partial charge is 2.00 e. The number of rotatable bonds is 60. The summed E-state index contributed by atoms with van der Waals surface area (Å²) >= 11 is 0. The second-order valence-electron chi connectivity index (χ2n) is 28.0. The molecule has 2 aliphatic heterocycles. The van der Waals surface area contributed by atoms with Gasteiger partial charge in [-0.3, -0.25) is 25.7 Å². The maximum absolute atomic E-state index is 13.4. The zero-order valence-corrected chi connectivity index (χ0v) is 62.3. The van der Waals surface area contributed by atoms with Gasteiger partial charge in [0.05, 0.1) is 24.6 Å². The van der Waals surface area contributed by atoms with Crippen molar-refractivity contribution in [3.63, 3.8) is 0 Å². The number of carbonyl (C=O) groups excluding carboxylic acids is 3. The number of ether oxygens (including phenoxy) is 5. The Morgan fingerprint density at radius 1 is 0.551 bits per heavy atom. The molecule has 4 fully saturated rings. The SMILES string of the molecule is [CH2-]C(OC(=O)CCCN(CC(O)CCCCCC(=O)OC(CCCCCCCC)CCCCCCCC)CC1CCCC(=O)O1)[C@@H]1[CH-]C(OC(CCCN(CC(O)CCCCCCCCCC)CC(CCCCCCCCCC)C2CC2)=C2CCC2)CO1.[U+2]. The molecule has 0 aromatic rings. The zero-order valence-electron chi connectivity index (χ0n) is 58.1. The minimum atomic E-state index is -0.713. The molecule has 6 unspecified atom stereocenters. The van der Waals surface area contributed by atoms with Gasteiger partial charge >= 0.3 is 49.0 Å². The molecule has 2 aliphatic carbocycles. The number of hydrogen-bond acceptors (Lipinski definition) is 12. The van der Waals surface area contributed by atoms with Crippen molar-refractivity contribution in [3.8, 4) is 0 Å². The molecule has 0 spiro atoms. The van der Waals surface area contributed by atoms with Crippen molar-refractivity contribution in [2.45, 2.75) is 385 Å². The Bertz CT molecular complexity index is 1740. The number of aliphatic hydroxyl groups excluding tert-OH is 2. The number of carbonyl (C=O) groups is 3. The summed E-state index contributed by atoms with van der Waals surface area (Å²) in [4.78, 5) is 43.4. The van der Waals surface area contributed by atoms with Gasteiger partial charge in [-0.05, 0) is 146 Å². The van der Waals surface area contributed by atoms with Gasteiger partial charge in [0.1, 0.15) is 12.2 Å². The minimum absolute atomic E-state index is 0. The Kier molecular flexibility index (Phi) is 49.8. The molecule has 0 bridgehead atoms. The van der Waals surface area contributed by atoms with E-state index in [-0.39, 0.29) is 79.9 Å². The van der Waals surface area contributed by atoms with Crippen molar-refractivity contribution >= 4 is 17.9 Å². The van der Waals surface area contributed by atoms with E-state index in [1.165, 1.54) is 192 Å². The van der Waals surface area contributed by atoms with E-state index in [2.05, 4.69) is 44.4 Å². The molecule has 2 N–H and O–H groups in total. The normalized spacial score (nSPS) is 19.1. The van der Waals surface area contributed by atoms with Crippen molar-refractivity contribution in [2.75, 3.05) is 45.9 Å². The summed E-state index contributed by atoms with van der Waals surface area (Å²) in [6, 6.07) is 0. The Morgan fingerprint density at radius 2 is 1.02 bits per heavy atom. The van der Waals surface area contributed by atoms with Crippen LogP contribution in [0.25, 0.3) is 0 Å². The first-order chi connectivity index (χ1) is 43.0. The number of cyclic esters (lactones) is 1. The van der Waals surface area contributed by atoms with E-state index < -0.39 is 18.3 Å². The van der Waals surface area contributed by atoms with Gasteiger partial charge in [0.25, 0.3) is 0 Å². The zero-order chi connectivity index (χ0) is 63.1. The minimum Gasteiger partial charge on any atom is -0.524 e. The molecule has 2 saturated heterocycles. The number of hydrogen-bond donors (Lipinski definition) is 2. The maximum Gasteiger partial charge on any atom is 2.00 e. The van der Waals surface area contributed by atoms with Crippen molar-refractivity contribution in [2.24, 2.45) is 11.8 Å². The number of esters is 3. The molecule has 2 heterocycles. The second kappa shape index (κ2) is 54.0. The third kappa shape index (κ3) is 41.4. The summed E-state index contributed by atoms with van der Waals surface area (Å²) in [6.07, 6.45) is 53.6. The third-order valence-electron chi connectivity index (χ3n) is 19.6. The van der Waals surface area contributed by atoms with E-state index in [0.717, 1.165) is 134 Å². The molecular formula is C76H138N2O10U. The van der Waals surface area contributed by atoms with Crippen LogP contribution in [-0.2, 0) is 38.1 Å². The van der Waals surface area contributed by atoms with Crippen LogP contribution in [0.4, 0.5) is 0 Å². The summed E-state index contributed by atoms with van der Waals surface area (Å²) in [5.41, 5.74) is 1.42. The molecule has 13 heteroatoms. The molecule has 0 aromatic carbocycles. The first-order valence-electron chi connectivity index (χ1n) is 38.1. The summed E-state index contributed by atoms with van der Waals surface area (Å²) < 4.78 is 30.6.